The zero-order valence-electron chi connectivity index (χ0n) is 83.8. The summed E-state index contributed by atoms with van der Waals surface area (Å²) in [5, 5.41) is -0.827. The fraction of sp³-hybridized carbons (Fsp3) is 0.370. The lowest BCUT2D eigenvalue weighted by Crippen LogP contribution is -2.40. The summed E-state index contributed by atoms with van der Waals surface area (Å²) < 4.78 is 394. The Morgan fingerprint density at radius 2 is 1.04 bits per heavy atom. The van der Waals surface area contributed by atoms with E-state index in [4.69, 9.17) is 42.5 Å². The van der Waals surface area contributed by atoms with Crippen molar-refractivity contribution in [2.24, 2.45) is 0 Å². The van der Waals surface area contributed by atoms with E-state index in [1.54, 1.807) is 0 Å². The third kappa shape index (κ3) is 19.0. The Morgan fingerprint density at radius 3 is 1.59 bits per heavy atom. The number of likely N-dealkylation sites (N-methyl/N-ethyl adjacent to an activating group) is 2. The first kappa shape index (κ1) is 39.3. The summed E-state index contributed by atoms with van der Waals surface area (Å²) in [5.74, 6) is -5.57. The molecule has 2 amide bonds. The average molecular weight is 1380 g/mol. The average Bonchev–Trinajstić information content (AvgIpc) is 1.49. The van der Waals surface area contributed by atoms with Crippen molar-refractivity contribution < 1.29 is 89.9 Å². The molecule has 2 heterocycles. The molecule has 0 saturated carbocycles. The van der Waals surface area contributed by atoms with Crippen molar-refractivity contribution in [1.82, 2.24) is 38.7 Å². The van der Waals surface area contributed by atoms with Gasteiger partial charge in [-0.25, -0.2) is 8.78 Å². The highest BCUT2D eigenvalue weighted by Crippen LogP contribution is 2.36. The molecule has 12 nitrogen and oxygen atoms in total. The smallest absolute Gasteiger partial charge is 0.336 e. The maximum Gasteiger partial charge on any atom is 0.416 e. The second kappa shape index (κ2) is 32.7. The molecule has 0 aliphatic heterocycles. The number of halogens is 8. The number of alkyl halides is 6. The number of benzene rings is 6. The minimum atomic E-state index is -5.25. The summed E-state index contributed by atoms with van der Waals surface area (Å²) in [6.07, 6.45) is -19.4. The van der Waals surface area contributed by atoms with Gasteiger partial charge < -0.3 is 28.7 Å². The highest BCUT2D eigenvalue weighted by atomic mass is 32.2. The molecule has 2 aliphatic carbocycles. The molecule has 0 unspecified atom stereocenters. The van der Waals surface area contributed by atoms with Crippen LogP contribution in [0.2, 0.25) is 0 Å². The van der Waals surface area contributed by atoms with Crippen molar-refractivity contribution in [3.8, 4) is 22.3 Å². The van der Waals surface area contributed by atoms with E-state index in [-0.39, 0.29) is 60.9 Å². The molecular formula is C73H78F8N8O4S2. The number of aromatic nitrogens is 4. The van der Waals surface area contributed by atoms with Crippen molar-refractivity contribution in [3.05, 3.63) is 233 Å². The van der Waals surface area contributed by atoms with Crippen LogP contribution in [0, 0.1) is 18.6 Å². The predicted octanol–water partition coefficient (Wildman–Crippen LogP) is 14.7. The standard InChI is InChI=1S/C37H40F4N4O2S.C36H38F4N4O2S/c1-4-43(5-2)19-20-44(22-26-9-13-28(14-10-26)29-15-18-32(25(3)21-29)37(39,40)41)34(46)23-45-33-8-6-7-31(33)35(47)42-36(45)48-24-27-11-16-30(38)17-12-27;1-3-42(4-2)20-21-43(22-25-8-12-27(13-9-25)28-14-16-29(17-15-28)36(38,39)40)33(45)23-44-32-7-5-6-31(32)34(46)41-35(44)47-24-26-10-18-30(37)19-11-26/h9-18,21H,4-8,19-20,22-24H2,1-3H3;8-19H,3-7,20-24H2,1-2H3/i4D2,5D2,6D2,7D2,8D2,9D,10D,13D,14D,15D,18D,19D2,20D2,21D;3D2,4D2,10D,11D,18D,19D,20D2,21D2. The first-order chi connectivity index (χ1) is 58.1. The van der Waals surface area contributed by atoms with Crippen LogP contribution in [0.25, 0.3) is 22.3 Å². The molecule has 8 aromatic rings. The molecule has 0 radical (unpaired) electrons. The molecule has 2 aliphatic rings. The number of carbonyl (C=O) groups is 2. The van der Waals surface area contributed by atoms with Crippen molar-refractivity contribution in [2.75, 3.05) is 52.0 Å². The molecule has 0 atom stereocenters. The number of hydrogen-bond acceptors (Lipinski definition) is 10. The fourth-order valence-electron chi connectivity index (χ4n) is 9.24. The Morgan fingerprint density at radius 1 is 0.547 bits per heavy atom. The van der Waals surface area contributed by atoms with Gasteiger partial charge in [0.25, 0.3) is 11.1 Å². The number of hydrogen-bond donors (Lipinski definition) is 0. The van der Waals surface area contributed by atoms with Crippen LogP contribution in [-0.4, -0.2) is 102 Å². The molecule has 22 heteroatoms. The van der Waals surface area contributed by atoms with Crippen LogP contribution in [0.15, 0.2) is 159 Å². The van der Waals surface area contributed by atoms with Crippen molar-refractivity contribution >= 4 is 35.3 Å². The van der Waals surface area contributed by atoms with Crippen molar-refractivity contribution in [3.63, 3.8) is 0 Å². The summed E-state index contributed by atoms with van der Waals surface area (Å²) >= 11 is 1.27. The van der Waals surface area contributed by atoms with Crippen LogP contribution in [0.4, 0.5) is 35.1 Å². The first-order valence-electron chi connectivity index (χ1n) is 44.9. The topological polar surface area (TPSA) is 117 Å². The molecule has 0 spiro atoms. The quantitative estimate of drug-likeness (QED) is 0.0295. The lowest BCUT2D eigenvalue weighted by Gasteiger charge is -2.28. The normalized spacial score (nSPS) is 20.7. The Labute approximate surface area is 603 Å². The van der Waals surface area contributed by atoms with Gasteiger partial charge in [0.05, 0.1) is 31.7 Å². The van der Waals surface area contributed by atoms with E-state index in [0.717, 1.165) is 56.8 Å². The summed E-state index contributed by atoms with van der Waals surface area (Å²) in [6, 6.07) is 2.73. The predicted molar refractivity (Wildman–Crippen MR) is 358 cm³/mol. The Bertz CT molecular complexity index is 5680. The van der Waals surface area contributed by atoms with Gasteiger partial charge in [-0.2, -0.15) is 36.3 Å². The molecule has 2 aromatic heterocycles. The van der Waals surface area contributed by atoms with Gasteiger partial charge in [-0.1, -0.05) is 148 Å². The van der Waals surface area contributed by atoms with E-state index in [2.05, 4.69) is 9.97 Å². The summed E-state index contributed by atoms with van der Waals surface area (Å²) in [5.41, 5.74) is -9.25. The van der Waals surface area contributed by atoms with Gasteiger partial charge in [0.2, 0.25) is 11.8 Å². The van der Waals surface area contributed by atoms with E-state index >= 15 is 4.79 Å². The molecule has 0 N–H and O–H groups in total. The second-order valence-corrected chi connectivity index (χ2v) is 22.2. The van der Waals surface area contributed by atoms with E-state index in [0.29, 0.717) is 63.9 Å². The number of fused-ring (bicyclic) bond motifs is 2. The van der Waals surface area contributed by atoms with E-state index in [1.165, 1.54) is 53.1 Å². The Hall–Kier alpha value is -7.92. The van der Waals surface area contributed by atoms with Crippen LogP contribution in [0.1, 0.15) is 147 Å². The lowest BCUT2D eigenvalue weighted by atomic mass is 9.98. The largest absolute Gasteiger partial charge is 0.416 e. The third-order valence-corrected chi connectivity index (χ3v) is 16.1. The van der Waals surface area contributed by atoms with Gasteiger partial charge in [0.1, 0.15) is 24.7 Å². The number of nitrogens with zero attached hydrogens (tertiary/aromatic N) is 8. The maximum absolute atomic E-state index is 15.0. The van der Waals surface area contributed by atoms with E-state index in [9.17, 15) is 52.2 Å². The zero-order valence-corrected chi connectivity index (χ0v) is 52.5. The number of amides is 2. The molecular weight excluding hydrogens is 1270 g/mol. The van der Waals surface area contributed by atoms with Crippen LogP contribution >= 0.6 is 23.5 Å². The van der Waals surface area contributed by atoms with Gasteiger partial charge in [0.15, 0.2) is 10.3 Å². The lowest BCUT2D eigenvalue weighted by molar-refractivity contribution is -0.138. The SMILES string of the molecule is [2H]c1c([2H])c(-c2c([2H])c([2H])c(C(F)(F)F)c(C)c2[2H])c([2H])c([2H])c1CN(C(=O)Cn1c(SCc2ccc(F)cc2)nc(=O)c2c1C([2H])([2H])C([2H])([2H])C2([2H])[2H])C([2H])([2H])C([2H])([2H])N(C([2H])([2H])C)C([2H])([2H])C.[2H]c1c([2H])c(CSc2nc(=O)c3c(n2CC(=O)N(Cc2ccc(-c4ccc(C(F)(F)F)cc4)cc2)C([2H])([2H])C([2H])([2H])N(C([2H])([2H])C)C([2H])([2H])C)CCC3)c([2H])c([2H])c1F. The number of carbonyl (C=O) groups excluding carboxylic acids is 2. The summed E-state index contributed by atoms with van der Waals surface area (Å²) in [6.45, 7) is -28.1. The zero-order chi connectivity index (χ0) is 97.3. The van der Waals surface area contributed by atoms with Gasteiger partial charge in [0, 0.05) is 97.8 Å². The number of thioether (sulfide) groups is 2. The molecule has 6 aromatic carbocycles. The highest BCUT2D eigenvalue weighted by molar-refractivity contribution is 7.98. The Kier molecular flexibility index (Phi) is 13.5. The van der Waals surface area contributed by atoms with Gasteiger partial charge in [-0.3, -0.25) is 19.2 Å². The molecule has 0 bridgehead atoms. The summed E-state index contributed by atoms with van der Waals surface area (Å²) in [4.78, 5) is 64.3. The fourth-order valence-corrected chi connectivity index (χ4v) is 11.1. The van der Waals surface area contributed by atoms with Crippen LogP contribution < -0.4 is 11.1 Å². The maximum atomic E-state index is 15.0. The van der Waals surface area contributed by atoms with Crippen LogP contribution in [0.3, 0.4) is 0 Å². The minimum Gasteiger partial charge on any atom is -0.336 e. The Balaban J connectivity index is 0.000000292. The summed E-state index contributed by atoms with van der Waals surface area (Å²) in [7, 11) is 0. The van der Waals surface area contributed by atoms with E-state index in [1.807, 2.05) is 0 Å². The van der Waals surface area contributed by atoms with Gasteiger partial charge in [-0.15, -0.1) is 0 Å². The minimum absolute atomic E-state index is 0.0293. The van der Waals surface area contributed by atoms with Gasteiger partial charge >= 0.3 is 12.4 Å². The first-order valence-corrected chi connectivity index (χ1v) is 30.4. The van der Waals surface area contributed by atoms with E-state index < -0.39 is 260 Å². The second-order valence-electron chi connectivity index (χ2n) is 20.3. The molecule has 502 valence electrons. The number of rotatable bonds is 26. The van der Waals surface area contributed by atoms with Crippen molar-refractivity contribution in [1.29, 1.82) is 0 Å². The molecule has 0 fully saturated rings. The van der Waals surface area contributed by atoms with Crippen molar-refractivity contribution in [2.45, 2.75) is 133 Å². The van der Waals surface area contributed by atoms with Crippen LogP contribution in [-0.2, 0) is 85.2 Å². The molecule has 95 heavy (non-hydrogen) atoms. The molecule has 10 rings (SSSR count). The third-order valence-electron chi connectivity index (χ3n) is 14.0. The molecule has 0 saturated heterocycles. The van der Waals surface area contributed by atoms with Crippen LogP contribution in [0.5, 0.6) is 0 Å². The van der Waals surface area contributed by atoms with Gasteiger partial charge in [-0.05, 0) is 164 Å². The monoisotopic (exact) mass is 1380 g/mol. The highest BCUT2D eigenvalue weighted by Gasteiger charge is 2.33.